The van der Waals surface area contributed by atoms with Gasteiger partial charge in [-0.25, -0.2) is 4.79 Å². The van der Waals surface area contributed by atoms with E-state index >= 15 is 0 Å². The van der Waals surface area contributed by atoms with Crippen molar-refractivity contribution in [1.29, 1.82) is 0 Å². The number of halogens is 2. The van der Waals surface area contributed by atoms with E-state index in [2.05, 4.69) is 5.32 Å². The fraction of sp³-hybridized carbons (Fsp3) is 0.0714. The van der Waals surface area contributed by atoms with Crippen molar-refractivity contribution in [2.75, 3.05) is 11.1 Å². The van der Waals surface area contributed by atoms with E-state index < -0.39 is 5.97 Å². The third-order valence-electron chi connectivity index (χ3n) is 2.85. The van der Waals surface area contributed by atoms with E-state index in [4.69, 9.17) is 34.0 Å². The standard InChI is InChI=1S/C14H12Cl2N2O2/c1-7-5-8(6-9(13(7)17)14(19)20)18-11-4-2-3-10(15)12(11)16/h2-6,18H,17H2,1H3,(H,19,20). The summed E-state index contributed by atoms with van der Waals surface area (Å²) in [5.74, 6) is -1.08. The average molecular weight is 311 g/mol. The van der Waals surface area contributed by atoms with Gasteiger partial charge in [-0.1, -0.05) is 29.3 Å². The summed E-state index contributed by atoms with van der Waals surface area (Å²) < 4.78 is 0. The summed E-state index contributed by atoms with van der Waals surface area (Å²) in [6.45, 7) is 1.74. The number of rotatable bonds is 3. The normalized spacial score (nSPS) is 10.3. The number of nitrogens with two attached hydrogens (primary N) is 1. The van der Waals surface area contributed by atoms with Gasteiger partial charge in [-0.05, 0) is 36.8 Å². The number of carboxylic acid groups (broad SMARTS) is 1. The van der Waals surface area contributed by atoms with Gasteiger partial charge in [0.1, 0.15) is 0 Å². The topological polar surface area (TPSA) is 75.3 Å². The van der Waals surface area contributed by atoms with Crippen molar-refractivity contribution in [1.82, 2.24) is 0 Å². The van der Waals surface area contributed by atoms with Crippen LogP contribution in [-0.2, 0) is 0 Å². The summed E-state index contributed by atoms with van der Waals surface area (Å²) in [7, 11) is 0. The minimum absolute atomic E-state index is 0.0469. The molecule has 0 saturated carbocycles. The van der Waals surface area contributed by atoms with Crippen molar-refractivity contribution in [3.05, 3.63) is 51.5 Å². The average Bonchev–Trinajstić information content (AvgIpc) is 2.38. The van der Waals surface area contributed by atoms with Crippen LogP contribution in [0.2, 0.25) is 10.0 Å². The van der Waals surface area contributed by atoms with Gasteiger partial charge in [-0.3, -0.25) is 0 Å². The van der Waals surface area contributed by atoms with Gasteiger partial charge < -0.3 is 16.2 Å². The molecule has 0 fully saturated rings. The van der Waals surface area contributed by atoms with Crippen molar-refractivity contribution in [3.8, 4) is 0 Å². The monoisotopic (exact) mass is 310 g/mol. The number of carboxylic acids is 1. The summed E-state index contributed by atoms with van der Waals surface area (Å²) in [6.07, 6.45) is 0. The Morgan fingerprint density at radius 1 is 1.30 bits per heavy atom. The molecule has 0 amide bonds. The quantitative estimate of drug-likeness (QED) is 0.738. The summed E-state index contributed by atoms with van der Waals surface area (Å²) in [4.78, 5) is 11.1. The molecule has 0 aromatic heterocycles. The lowest BCUT2D eigenvalue weighted by atomic mass is 10.1. The smallest absolute Gasteiger partial charge is 0.337 e. The van der Waals surface area contributed by atoms with Crippen LogP contribution in [0.3, 0.4) is 0 Å². The van der Waals surface area contributed by atoms with Crippen LogP contribution in [-0.4, -0.2) is 11.1 Å². The third kappa shape index (κ3) is 2.81. The number of nitrogen functional groups attached to an aromatic ring is 1. The maximum Gasteiger partial charge on any atom is 0.337 e. The van der Waals surface area contributed by atoms with Gasteiger partial charge in [0, 0.05) is 11.4 Å². The van der Waals surface area contributed by atoms with Crippen molar-refractivity contribution in [2.24, 2.45) is 0 Å². The molecular weight excluding hydrogens is 299 g/mol. The highest BCUT2D eigenvalue weighted by Crippen LogP contribution is 2.33. The zero-order valence-corrected chi connectivity index (χ0v) is 12.1. The molecule has 6 heteroatoms. The minimum atomic E-state index is -1.08. The Labute approximate surface area is 126 Å². The van der Waals surface area contributed by atoms with Gasteiger partial charge in [-0.2, -0.15) is 0 Å². The second-order valence-corrected chi connectivity index (χ2v) is 5.07. The number of hydrogen-bond acceptors (Lipinski definition) is 3. The highest BCUT2D eigenvalue weighted by Gasteiger charge is 2.12. The summed E-state index contributed by atoms with van der Waals surface area (Å²) in [5, 5.41) is 13.0. The van der Waals surface area contributed by atoms with E-state index in [0.29, 0.717) is 27.0 Å². The first kappa shape index (κ1) is 14.5. The molecule has 2 rings (SSSR count). The van der Waals surface area contributed by atoms with E-state index in [1.165, 1.54) is 6.07 Å². The molecule has 0 aliphatic heterocycles. The SMILES string of the molecule is Cc1cc(Nc2cccc(Cl)c2Cl)cc(C(=O)O)c1N. The Bertz CT molecular complexity index is 687. The highest BCUT2D eigenvalue weighted by molar-refractivity contribution is 6.43. The van der Waals surface area contributed by atoms with Gasteiger partial charge in [0.25, 0.3) is 0 Å². The molecule has 0 radical (unpaired) electrons. The lowest BCUT2D eigenvalue weighted by Crippen LogP contribution is -2.05. The van der Waals surface area contributed by atoms with Crippen LogP contribution in [0.4, 0.5) is 17.1 Å². The van der Waals surface area contributed by atoms with Crippen molar-refractivity contribution < 1.29 is 9.90 Å². The highest BCUT2D eigenvalue weighted by atomic mass is 35.5. The second kappa shape index (κ2) is 5.61. The molecule has 0 saturated heterocycles. The van der Waals surface area contributed by atoms with Crippen LogP contribution in [0.1, 0.15) is 15.9 Å². The summed E-state index contributed by atoms with van der Waals surface area (Å²) in [5.41, 5.74) is 7.89. The van der Waals surface area contributed by atoms with Crippen LogP contribution in [0.25, 0.3) is 0 Å². The van der Waals surface area contributed by atoms with Crippen LogP contribution in [0.15, 0.2) is 30.3 Å². The van der Waals surface area contributed by atoms with Crippen molar-refractivity contribution in [3.63, 3.8) is 0 Å². The molecule has 2 aromatic rings. The van der Waals surface area contributed by atoms with Gasteiger partial charge in [0.2, 0.25) is 0 Å². The first-order valence-electron chi connectivity index (χ1n) is 5.74. The zero-order chi connectivity index (χ0) is 14.9. The van der Waals surface area contributed by atoms with E-state index in [0.717, 1.165) is 0 Å². The third-order valence-corrected chi connectivity index (χ3v) is 3.67. The number of benzene rings is 2. The molecule has 4 N–H and O–H groups in total. The van der Waals surface area contributed by atoms with Crippen LogP contribution in [0.5, 0.6) is 0 Å². The van der Waals surface area contributed by atoms with E-state index in [1.807, 2.05) is 0 Å². The number of nitrogens with one attached hydrogen (secondary N) is 1. The molecule has 20 heavy (non-hydrogen) atoms. The van der Waals surface area contributed by atoms with Gasteiger partial charge in [0.05, 0.1) is 21.3 Å². The molecule has 0 aliphatic rings. The Kier molecular flexibility index (Phi) is 4.06. The van der Waals surface area contributed by atoms with E-state index in [-0.39, 0.29) is 11.3 Å². The number of carbonyl (C=O) groups is 1. The van der Waals surface area contributed by atoms with Crippen LogP contribution >= 0.6 is 23.2 Å². The predicted octanol–water partition coefficient (Wildman–Crippen LogP) is 4.33. The summed E-state index contributed by atoms with van der Waals surface area (Å²) >= 11 is 12.0. The Morgan fingerprint density at radius 3 is 2.65 bits per heavy atom. The molecule has 0 heterocycles. The molecule has 0 atom stereocenters. The second-order valence-electron chi connectivity index (χ2n) is 4.29. The fourth-order valence-corrected chi connectivity index (χ4v) is 2.15. The van der Waals surface area contributed by atoms with Crippen LogP contribution < -0.4 is 11.1 Å². The van der Waals surface area contributed by atoms with Crippen molar-refractivity contribution in [2.45, 2.75) is 6.92 Å². The Hall–Kier alpha value is -1.91. The zero-order valence-electron chi connectivity index (χ0n) is 10.6. The lowest BCUT2D eigenvalue weighted by molar-refractivity contribution is 0.0698. The maximum atomic E-state index is 11.1. The van der Waals surface area contributed by atoms with Gasteiger partial charge in [0.15, 0.2) is 0 Å². The Morgan fingerprint density at radius 2 is 2.00 bits per heavy atom. The van der Waals surface area contributed by atoms with Gasteiger partial charge >= 0.3 is 5.97 Å². The van der Waals surface area contributed by atoms with E-state index in [1.54, 1.807) is 31.2 Å². The molecule has 0 unspecified atom stereocenters. The number of hydrogen-bond donors (Lipinski definition) is 3. The molecule has 2 aromatic carbocycles. The maximum absolute atomic E-state index is 11.1. The van der Waals surface area contributed by atoms with Gasteiger partial charge in [-0.15, -0.1) is 0 Å². The first-order chi connectivity index (χ1) is 9.40. The minimum Gasteiger partial charge on any atom is -0.478 e. The largest absolute Gasteiger partial charge is 0.478 e. The molecule has 4 nitrogen and oxygen atoms in total. The molecule has 0 spiro atoms. The predicted molar refractivity (Wildman–Crippen MR) is 82.3 cm³/mol. The molecule has 0 aliphatic carbocycles. The first-order valence-corrected chi connectivity index (χ1v) is 6.50. The summed E-state index contributed by atoms with van der Waals surface area (Å²) in [6, 6.07) is 8.38. The molecule has 0 bridgehead atoms. The number of aromatic carboxylic acids is 1. The fourth-order valence-electron chi connectivity index (χ4n) is 1.80. The van der Waals surface area contributed by atoms with E-state index in [9.17, 15) is 4.79 Å². The number of anilines is 3. The molecular formula is C14H12Cl2N2O2. The lowest BCUT2D eigenvalue weighted by Gasteiger charge is -2.13. The van der Waals surface area contributed by atoms with Crippen LogP contribution in [0, 0.1) is 6.92 Å². The molecule has 104 valence electrons. The van der Waals surface area contributed by atoms with Crippen molar-refractivity contribution >= 4 is 46.2 Å². The Balaban J connectivity index is 2.44. The number of aryl methyl sites for hydroxylation is 1.